The quantitative estimate of drug-likeness (QED) is 0.364. The minimum absolute atomic E-state index is 0.000292. The average molecular weight is 427 g/mol. The summed E-state index contributed by atoms with van der Waals surface area (Å²) in [5.74, 6) is 0.688. The molecule has 3 aromatic carbocycles. The largest absolute Gasteiger partial charge is 0.489 e. The van der Waals surface area contributed by atoms with Gasteiger partial charge >= 0.3 is 0 Å². The van der Waals surface area contributed by atoms with Gasteiger partial charge in [-0.3, -0.25) is 9.59 Å². The highest BCUT2D eigenvalue weighted by Crippen LogP contribution is 2.26. The maximum atomic E-state index is 12.8. The van der Waals surface area contributed by atoms with E-state index in [1.54, 1.807) is 11.1 Å². The molecule has 0 saturated carbocycles. The summed E-state index contributed by atoms with van der Waals surface area (Å²) in [6, 6.07) is 25.7. The predicted molar refractivity (Wildman–Crippen MR) is 126 cm³/mol. The molecule has 1 heterocycles. The number of nitrogens with zero attached hydrogens (tertiary/aromatic N) is 2. The topological polar surface area (TPSA) is 51.5 Å². The zero-order valence-corrected chi connectivity index (χ0v) is 18.1. The first-order valence-electron chi connectivity index (χ1n) is 10.7. The summed E-state index contributed by atoms with van der Waals surface area (Å²) in [6.45, 7) is 1.27. The monoisotopic (exact) mass is 426 g/mol. The van der Waals surface area contributed by atoms with E-state index in [2.05, 4.69) is 12.1 Å². The Morgan fingerprint density at radius 2 is 1.66 bits per heavy atom. The number of aromatic nitrogens is 1. The Labute approximate surface area is 187 Å². The van der Waals surface area contributed by atoms with Crippen LogP contribution in [0, 0.1) is 0 Å². The number of fused-ring (bicyclic) bond motifs is 1. The van der Waals surface area contributed by atoms with Crippen molar-refractivity contribution in [2.24, 2.45) is 0 Å². The van der Waals surface area contributed by atoms with Crippen molar-refractivity contribution in [1.82, 2.24) is 9.47 Å². The van der Waals surface area contributed by atoms with Crippen LogP contribution in [0.5, 0.6) is 5.75 Å². The molecule has 5 nitrogen and oxygen atoms in total. The lowest BCUT2D eigenvalue weighted by molar-refractivity contribution is -0.130. The molecular weight excluding hydrogens is 400 g/mol. The molecule has 0 aliphatic rings. The number of likely N-dealkylation sites (N-methyl/N-ethyl adjacent to an activating group) is 1. The Balaban J connectivity index is 1.45. The van der Waals surface area contributed by atoms with Crippen LogP contribution in [0.25, 0.3) is 10.9 Å². The Morgan fingerprint density at radius 1 is 0.969 bits per heavy atom. The second-order valence-electron chi connectivity index (χ2n) is 7.83. The molecule has 4 aromatic rings. The lowest BCUT2D eigenvalue weighted by Crippen LogP contribution is -2.31. The third-order valence-corrected chi connectivity index (χ3v) is 5.57. The molecule has 0 spiro atoms. The summed E-state index contributed by atoms with van der Waals surface area (Å²) in [5.41, 5.74) is 3.66. The van der Waals surface area contributed by atoms with Gasteiger partial charge in [0.15, 0.2) is 6.29 Å². The van der Waals surface area contributed by atoms with Gasteiger partial charge in [0, 0.05) is 36.3 Å². The molecule has 0 saturated heterocycles. The van der Waals surface area contributed by atoms with Crippen LogP contribution in [0.3, 0.4) is 0 Å². The Bertz CT molecular complexity index is 1200. The molecule has 0 radical (unpaired) electrons. The lowest BCUT2D eigenvalue weighted by atomic mass is 10.1. The van der Waals surface area contributed by atoms with Crippen LogP contribution in [0.1, 0.15) is 21.5 Å². The Hall–Kier alpha value is -3.86. The minimum Gasteiger partial charge on any atom is -0.489 e. The van der Waals surface area contributed by atoms with Crippen molar-refractivity contribution in [2.45, 2.75) is 19.6 Å². The molecule has 162 valence electrons. The van der Waals surface area contributed by atoms with E-state index in [1.165, 1.54) is 5.56 Å². The molecule has 5 heteroatoms. The first-order valence-corrected chi connectivity index (χ1v) is 10.7. The maximum Gasteiger partial charge on any atom is 0.242 e. The summed E-state index contributed by atoms with van der Waals surface area (Å²) in [4.78, 5) is 26.2. The molecule has 0 atom stereocenters. The number of ether oxygens (including phenoxy) is 1. The number of aldehydes is 1. The molecule has 1 amide bonds. The van der Waals surface area contributed by atoms with Gasteiger partial charge in [-0.2, -0.15) is 0 Å². The van der Waals surface area contributed by atoms with Gasteiger partial charge in [-0.15, -0.1) is 0 Å². The van der Waals surface area contributed by atoms with Gasteiger partial charge in [-0.1, -0.05) is 60.7 Å². The fraction of sp³-hybridized carbons (Fsp3) is 0.185. The van der Waals surface area contributed by atoms with Crippen molar-refractivity contribution in [3.63, 3.8) is 0 Å². The minimum atomic E-state index is -0.000292. The summed E-state index contributed by atoms with van der Waals surface area (Å²) < 4.78 is 7.74. The van der Waals surface area contributed by atoms with Crippen molar-refractivity contribution >= 4 is 23.1 Å². The molecule has 0 N–H and O–H groups in total. The first kappa shape index (κ1) is 21.4. The summed E-state index contributed by atoms with van der Waals surface area (Å²) in [7, 11) is 1.81. The second kappa shape index (κ2) is 9.96. The van der Waals surface area contributed by atoms with E-state index in [0.717, 1.165) is 29.2 Å². The molecule has 32 heavy (non-hydrogen) atoms. The third kappa shape index (κ3) is 5.06. The highest BCUT2D eigenvalue weighted by molar-refractivity contribution is 5.98. The molecule has 0 aliphatic carbocycles. The number of carbonyl (C=O) groups is 2. The zero-order chi connectivity index (χ0) is 22.3. The number of carbonyl (C=O) groups excluding carboxylic acids is 2. The predicted octanol–water partition coefficient (Wildman–Crippen LogP) is 4.73. The van der Waals surface area contributed by atoms with Gasteiger partial charge in [-0.25, -0.2) is 0 Å². The fourth-order valence-electron chi connectivity index (χ4n) is 3.69. The Morgan fingerprint density at radius 3 is 2.34 bits per heavy atom. The normalized spacial score (nSPS) is 10.8. The highest BCUT2D eigenvalue weighted by Gasteiger charge is 2.15. The smallest absolute Gasteiger partial charge is 0.242 e. The van der Waals surface area contributed by atoms with Crippen molar-refractivity contribution in [2.75, 3.05) is 13.6 Å². The number of amides is 1. The summed E-state index contributed by atoms with van der Waals surface area (Å²) in [5, 5.41) is 0.783. The molecule has 0 aliphatic heterocycles. The van der Waals surface area contributed by atoms with Crippen LogP contribution in [0.2, 0.25) is 0 Å². The molecule has 1 aromatic heterocycles. The van der Waals surface area contributed by atoms with Crippen molar-refractivity contribution in [1.29, 1.82) is 0 Å². The van der Waals surface area contributed by atoms with E-state index in [-0.39, 0.29) is 12.5 Å². The van der Waals surface area contributed by atoms with E-state index in [0.29, 0.717) is 24.5 Å². The molecule has 0 fully saturated rings. The number of rotatable bonds is 9. The lowest BCUT2D eigenvalue weighted by Gasteiger charge is -2.18. The van der Waals surface area contributed by atoms with Crippen molar-refractivity contribution < 1.29 is 14.3 Å². The Kier molecular flexibility index (Phi) is 6.66. The van der Waals surface area contributed by atoms with E-state index >= 15 is 0 Å². The van der Waals surface area contributed by atoms with E-state index in [9.17, 15) is 9.59 Å². The van der Waals surface area contributed by atoms with Crippen LogP contribution < -0.4 is 4.74 Å². The number of benzene rings is 3. The average Bonchev–Trinajstić information content (AvgIpc) is 3.19. The van der Waals surface area contributed by atoms with Gasteiger partial charge < -0.3 is 14.2 Å². The molecular formula is C27H26N2O3. The summed E-state index contributed by atoms with van der Waals surface area (Å²) >= 11 is 0. The van der Waals surface area contributed by atoms with E-state index in [4.69, 9.17) is 4.74 Å². The van der Waals surface area contributed by atoms with Gasteiger partial charge in [-0.05, 0) is 35.7 Å². The fourth-order valence-corrected chi connectivity index (χ4v) is 3.69. The molecule has 0 unspecified atom stereocenters. The van der Waals surface area contributed by atoms with Gasteiger partial charge in [0.05, 0.1) is 0 Å². The van der Waals surface area contributed by atoms with Crippen LogP contribution in [-0.2, 0) is 24.4 Å². The number of hydrogen-bond donors (Lipinski definition) is 0. The standard InChI is InChI=1S/C27H26N2O3/c1-28(15-14-21-8-4-2-5-9-21)27(31)18-29-17-23(19-30)25-16-24(12-13-26(25)29)32-20-22-10-6-3-7-11-22/h2-13,16-17,19H,14-15,18,20H2,1H3. The SMILES string of the molecule is CN(CCc1ccccc1)C(=O)Cn1cc(C=O)c2cc(OCc3ccccc3)ccc21. The van der Waals surface area contributed by atoms with E-state index < -0.39 is 0 Å². The van der Waals surface area contributed by atoms with Crippen LogP contribution >= 0.6 is 0 Å². The summed E-state index contributed by atoms with van der Waals surface area (Å²) in [6.07, 6.45) is 3.36. The highest BCUT2D eigenvalue weighted by atomic mass is 16.5. The van der Waals surface area contributed by atoms with E-state index in [1.807, 2.05) is 78.3 Å². The maximum absolute atomic E-state index is 12.8. The van der Waals surface area contributed by atoms with Crippen molar-refractivity contribution in [3.05, 3.63) is 102 Å². The zero-order valence-electron chi connectivity index (χ0n) is 18.1. The third-order valence-electron chi connectivity index (χ3n) is 5.57. The van der Waals surface area contributed by atoms with Crippen LogP contribution in [0.4, 0.5) is 0 Å². The van der Waals surface area contributed by atoms with Crippen LogP contribution in [-0.4, -0.2) is 35.3 Å². The molecule has 4 rings (SSSR count). The van der Waals surface area contributed by atoms with Gasteiger partial charge in [0.25, 0.3) is 0 Å². The van der Waals surface area contributed by atoms with Crippen molar-refractivity contribution in [3.8, 4) is 5.75 Å². The van der Waals surface area contributed by atoms with Gasteiger partial charge in [0.1, 0.15) is 18.9 Å². The van der Waals surface area contributed by atoms with Gasteiger partial charge in [0.2, 0.25) is 5.91 Å². The second-order valence-corrected chi connectivity index (χ2v) is 7.83. The number of hydrogen-bond acceptors (Lipinski definition) is 3. The molecule has 0 bridgehead atoms. The van der Waals surface area contributed by atoms with Crippen LogP contribution in [0.15, 0.2) is 85.1 Å². The first-order chi connectivity index (χ1) is 15.6.